The first-order valence-electron chi connectivity index (χ1n) is 6.30. The standard InChI is InChI=1S/C15H18N4/c1-11(2)19-14-8-6-5-7-12(14)13(9-16)15(19)17-10-18(3)4/h5-8,10-11H,1-4H3/b17-10+. The van der Waals surface area contributed by atoms with E-state index in [4.69, 9.17) is 0 Å². The minimum absolute atomic E-state index is 0.251. The molecule has 0 aliphatic carbocycles. The van der Waals surface area contributed by atoms with Crippen LogP contribution in [0.3, 0.4) is 0 Å². The lowest BCUT2D eigenvalue weighted by molar-refractivity contribution is 0.619. The van der Waals surface area contributed by atoms with E-state index in [9.17, 15) is 5.26 Å². The molecule has 0 bridgehead atoms. The Morgan fingerprint density at radius 1 is 1.32 bits per heavy atom. The average molecular weight is 254 g/mol. The van der Waals surface area contributed by atoms with Gasteiger partial charge in [0, 0.05) is 25.5 Å². The van der Waals surface area contributed by atoms with Gasteiger partial charge in [-0.05, 0) is 19.9 Å². The predicted octanol–water partition coefficient (Wildman–Crippen LogP) is 3.32. The monoisotopic (exact) mass is 254 g/mol. The third-order valence-corrected chi connectivity index (χ3v) is 2.92. The van der Waals surface area contributed by atoms with Crippen molar-refractivity contribution in [3.63, 3.8) is 0 Å². The molecule has 0 saturated carbocycles. The van der Waals surface area contributed by atoms with Gasteiger partial charge >= 0.3 is 0 Å². The molecule has 0 radical (unpaired) electrons. The van der Waals surface area contributed by atoms with E-state index >= 15 is 0 Å². The third-order valence-electron chi connectivity index (χ3n) is 2.92. The first kappa shape index (κ1) is 13.2. The number of aliphatic imine (C=N–C) groups is 1. The van der Waals surface area contributed by atoms with Crippen LogP contribution in [-0.4, -0.2) is 29.9 Å². The maximum absolute atomic E-state index is 9.43. The minimum Gasteiger partial charge on any atom is -0.369 e. The van der Waals surface area contributed by atoms with Crippen molar-refractivity contribution in [1.29, 1.82) is 5.26 Å². The molecule has 0 aliphatic rings. The molecule has 0 spiro atoms. The summed E-state index contributed by atoms with van der Waals surface area (Å²) in [5, 5.41) is 10.4. The van der Waals surface area contributed by atoms with Gasteiger partial charge in [-0.3, -0.25) is 0 Å². The van der Waals surface area contributed by atoms with Gasteiger partial charge in [0.2, 0.25) is 0 Å². The Morgan fingerprint density at radius 2 is 2.00 bits per heavy atom. The van der Waals surface area contributed by atoms with Gasteiger partial charge < -0.3 is 9.47 Å². The maximum atomic E-state index is 9.43. The smallest absolute Gasteiger partial charge is 0.153 e. The van der Waals surface area contributed by atoms with E-state index in [1.807, 2.05) is 43.3 Å². The lowest BCUT2D eigenvalue weighted by Crippen LogP contribution is -2.08. The highest BCUT2D eigenvalue weighted by molar-refractivity contribution is 5.92. The molecule has 98 valence electrons. The number of hydrogen-bond donors (Lipinski definition) is 0. The molecule has 2 rings (SSSR count). The van der Waals surface area contributed by atoms with Gasteiger partial charge in [0.15, 0.2) is 5.82 Å². The number of nitrogens with zero attached hydrogens (tertiary/aromatic N) is 4. The lowest BCUT2D eigenvalue weighted by Gasteiger charge is -2.12. The average Bonchev–Trinajstić information content (AvgIpc) is 2.69. The number of para-hydroxylation sites is 1. The number of aromatic nitrogens is 1. The molecule has 0 unspecified atom stereocenters. The van der Waals surface area contributed by atoms with Crippen molar-refractivity contribution in [2.45, 2.75) is 19.9 Å². The first-order valence-corrected chi connectivity index (χ1v) is 6.30. The van der Waals surface area contributed by atoms with Gasteiger partial charge in [0.05, 0.1) is 11.9 Å². The fourth-order valence-electron chi connectivity index (χ4n) is 2.18. The number of fused-ring (bicyclic) bond motifs is 1. The maximum Gasteiger partial charge on any atom is 0.153 e. The van der Waals surface area contributed by atoms with Crippen LogP contribution in [0.2, 0.25) is 0 Å². The van der Waals surface area contributed by atoms with E-state index in [1.54, 1.807) is 6.34 Å². The number of hydrogen-bond acceptors (Lipinski definition) is 2. The largest absolute Gasteiger partial charge is 0.369 e. The number of benzene rings is 1. The van der Waals surface area contributed by atoms with Crippen LogP contribution in [0.5, 0.6) is 0 Å². The Hall–Kier alpha value is -2.28. The summed E-state index contributed by atoms with van der Waals surface area (Å²) in [6.07, 6.45) is 1.73. The summed E-state index contributed by atoms with van der Waals surface area (Å²) in [7, 11) is 3.83. The highest BCUT2D eigenvalue weighted by Gasteiger charge is 2.17. The second kappa shape index (κ2) is 5.15. The van der Waals surface area contributed by atoms with E-state index in [0.717, 1.165) is 16.7 Å². The Bertz CT molecular complexity index is 657. The van der Waals surface area contributed by atoms with Crippen molar-refractivity contribution in [1.82, 2.24) is 9.47 Å². The van der Waals surface area contributed by atoms with Crippen molar-refractivity contribution in [2.24, 2.45) is 4.99 Å². The van der Waals surface area contributed by atoms with Gasteiger partial charge in [-0.2, -0.15) is 5.26 Å². The number of rotatable bonds is 3. The van der Waals surface area contributed by atoms with Gasteiger partial charge in [-0.25, -0.2) is 4.99 Å². The summed E-state index contributed by atoms with van der Waals surface area (Å²) in [5.41, 5.74) is 1.70. The van der Waals surface area contributed by atoms with Crippen molar-refractivity contribution in [2.75, 3.05) is 14.1 Å². The van der Waals surface area contributed by atoms with E-state index in [-0.39, 0.29) is 6.04 Å². The third kappa shape index (κ3) is 2.32. The summed E-state index contributed by atoms with van der Waals surface area (Å²) in [6, 6.07) is 10.5. The molecule has 0 N–H and O–H groups in total. The highest BCUT2D eigenvalue weighted by Crippen LogP contribution is 2.34. The predicted molar refractivity (Wildman–Crippen MR) is 78.9 cm³/mol. The minimum atomic E-state index is 0.251. The van der Waals surface area contributed by atoms with Crippen LogP contribution in [0.1, 0.15) is 25.5 Å². The summed E-state index contributed by atoms with van der Waals surface area (Å²) in [6.45, 7) is 4.20. The molecule has 1 aromatic heterocycles. The Labute approximate surface area is 113 Å². The normalized spacial score (nSPS) is 11.4. The molecule has 4 nitrogen and oxygen atoms in total. The van der Waals surface area contributed by atoms with Gasteiger partial charge in [0.1, 0.15) is 11.6 Å². The molecule has 19 heavy (non-hydrogen) atoms. The Balaban J connectivity index is 2.79. The fraction of sp³-hybridized carbons (Fsp3) is 0.333. The molecule has 0 aliphatic heterocycles. The molecule has 4 heteroatoms. The summed E-state index contributed by atoms with van der Waals surface area (Å²) >= 11 is 0. The zero-order valence-corrected chi connectivity index (χ0v) is 11.8. The molecular formula is C15H18N4. The second-order valence-electron chi connectivity index (χ2n) is 5.00. The zero-order chi connectivity index (χ0) is 14.0. The van der Waals surface area contributed by atoms with E-state index in [2.05, 4.69) is 29.5 Å². The SMILES string of the molecule is CC(C)n1c(/N=C/N(C)C)c(C#N)c2ccccc21. The Kier molecular flexibility index (Phi) is 3.57. The molecule has 1 aromatic carbocycles. The van der Waals surface area contributed by atoms with Gasteiger partial charge in [-0.1, -0.05) is 18.2 Å². The van der Waals surface area contributed by atoms with Crippen molar-refractivity contribution in [3.05, 3.63) is 29.8 Å². The van der Waals surface area contributed by atoms with Crippen molar-refractivity contribution in [3.8, 4) is 6.07 Å². The number of nitriles is 1. The van der Waals surface area contributed by atoms with Crippen molar-refractivity contribution < 1.29 is 0 Å². The zero-order valence-electron chi connectivity index (χ0n) is 11.8. The molecule has 0 fully saturated rings. The van der Waals surface area contributed by atoms with E-state index in [0.29, 0.717) is 5.56 Å². The van der Waals surface area contributed by atoms with Crippen molar-refractivity contribution >= 4 is 23.1 Å². The van der Waals surface area contributed by atoms with Crippen LogP contribution < -0.4 is 0 Å². The van der Waals surface area contributed by atoms with Crippen LogP contribution in [0.25, 0.3) is 10.9 Å². The highest BCUT2D eigenvalue weighted by atomic mass is 15.2. The summed E-state index contributed by atoms with van der Waals surface area (Å²) in [5.74, 6) is 0.729. The van der Waals surface area contributed by atoms with Crippen LogP contribution in [-0.2, 0) is 0 Å². The second-order valence-corrected chi connectivity index (χ2v) is 5.00. The topological polar surface area (TPSA) is 44.3 Å². The quantitative estimate of drug-likeness (QED) is 0.623. The molecule has 2 aromatic rings. The van der Waals surface area contributed by atoms with E-state index < -0.39 is 0 Å². The van der Waals surface area contributed by atoms with Gasteiger partial charge in [0.25, 0.3) is 0 Å². The van der Waals surface area contributed by atoms with E-state index in [1.165, 1.54) is 0 Å². The van der Waals surface area contributed by atoms with Crippen LogP contribution in [0, 0.1) is 11.3 Å². The fourth-order valence-corrected chi connectivity index (χ4v) is 2.18. The lowest BCUT2D eigenvalue weighted by atomic mass is 10.2. The summed E-state index contributed by atoms with van der Waals surface area (Å²) < 4.78 is 2.11. The molecule has 0 amide bonds. The molecule has 0 atom stereocenters. The molecular weight excluding hydrogens is 236 g/mol. The molecule has 0 saturated heterocycles. The van der Waals surface area contributed by atoms with Crippen LogP contribution in [0.15, 0.2) is 29.3 Å². The Morgan fingerprint density at radius 3 is 2.58 bits per heavy atom. The van der Waals surface area contributed by atoms with Crippen LogP contribution >= 0.6 is 0 Å². The van der Waals surface area contributed by atoms with Crippen LogP contribution in [0.4, 0.5) is 5.82 Å². The van der Waals surface area contributed by atoms with Gasteiger partial charge in [-0.15, -0.1) is 0 Å². The molecule has 1 heterocycles. The summed E-state index contributed by atoms with van der Waals surface area (Å²) in [4.78, 5) is 6.34. The first-order chi connectivity index (χ1) is 9.06.